The molecule has 0 N–H and O–H groups in total. The van der Waals surface area contributed by atoms with Crippen LogP contribution in [0.1, 0.15) is 32.6 Å². The Bertz CT molecular complexity index is 184. The Morgan fingerprint density at radius 1 is 1.50 bits per heavy atom. The van der Waals surface area contributed by atoms with Gasteiger partial charge in [0.2, 0.25) is 0 Å². The lowest BCUT2D eigenvalue weighted by atomic mass is 9.93. The third-order valence-corrected chi connectivity index (χ3v) is 3.19. The second kappa shape index (κ2) is 5.47. The van der Waals surface area contributed by atoms with Crippen molar-refractivity contribution in [3.63, 3.8) is 0 Å². The summed E-state index contributed by atoms with van der Waals surface area (Å²) in [5.74, 6) is 0.425. The summed E-state index contributed by atoms with van der Waals surface area (Å²) >= 11 is 0. The number of ether oxygens (including phenoxy) is 1. The molecule has 1 aliphatic carbocycles. The summed E-state index contributed by atoms with van der Waals surface area (Å²) < 4.78 is 5.13. The van der Waals surface area contributed by atoms with Gasteiger partial charge in [-0.15, -0.1) is 0 Å². The maximum Gasteiger partial charge on any atom is 0.133 e. The van der Waals surface area contributed by atoms with Crippen molar-refractivity contribution < 1.29 is 9.53 Å². The Labute approximate surface area is 86.4 Å². The molecule has 1 saturated carbocycles. The largest absolute Gasteiger partial charge is 0.383 e. The van der Waals surface area contributed by atoms with Gasteiger partial charge in [0.05, 0.1) is 6.61 Å². The molecule has 82 valence electrons. The van der Waals surface area contributed by atoms with Crippen molar-refractivity contribution in [2.75, 3.05) is 20.8 Å². The van der Waals surface area contributed by atoms with E-state index in [0.717, 1.165) is 32.3 Å². The highest BCUT2D eigenvalue weighted by molar-refractivity contribution is 5.79. The average Bonchev–Trinajstić information content (AvgIpc) is 2.18. The third-order valence-electron chi connectivity index (χ3n) is 3.19. The van der Waals surface area contributed by atoms with Crippen LogP contribution < -0.4 is 0 Å². The van der Waals surface area contributed by atoms with Crippen molar-refractivity contribution in [1.29, 1.82) is 0 Å². The SMILES string of the molecule is COCC(C)N(C)C1CCC(=O)CC1. The normalized spacial score (nSPS) is 21.6. The molecule has 0 spiro atoms. The average molecular weight is 199 g/mol. The van der Waals surface area contributed by atoms with Crippen LogP contribution in [0.3, 0.4) is 0 Å². The zero-order valence-electron chi connectivity index (χ0n) is 9.45. The lowest BCUT2D eigenvalue weighted by molar-refractivity contribution is -0.121. The van der Waals surface area contributed by atoms with E-state index in [9.17, 15) is 4.79 Å². The van der Waals surface area contributed by atoms with Gasteiger partial charge in [-0.1, -0.05) is 0 Å². The van der Waals surface area contributed by atoms with Crippen LogP contribution in [0, 0.1) is 0 Å². The molecule has 14 heavy (non-hydrogen) atoms. The first kappa shape index (κ1) is 11.7. The highest BCUT2D eigenvalue weighted by Crippen LogP contribution is 2.20. The van der Waals surface area contributed by atoms with E-state index in [1.54, 1.807) is 7.11 Å². The molecule has 1 rings (SSSR count). The van der Waals surface area contributed by atoms with Crippen LogP contribution in [0.15, 0.2) is 0 Å². The molecule has 0 aromatic heterocycles. The first-order valence-electron chi connectivity index (χ1n) is 5.37. The van der Waals surface area contributed by atoms with Gasteiger partial charge in [-0.3, -0.25) is 9.69 Å². The first-order valence-corrected chi connectivity index (χ1v) is 5.37. The smallest absolute Gasteiger partial charge is 0.133 e. The highest BCUT2D eigenvalue weighted by Gasteiger charge is 2.24. The van der Waals surface area contributed by atoms with Crippen molar-refractivity contribution >= 4 is 5.78 Å². The molecule has 1 atom stereocenters. The quantitative estimate of drug-likeness (QED) is 0.686. The molecule has 1 fully saturated rings. The fourth-order valence-corrected chi connectivity index (χ4v) is 2.05. The van der Waals surface area contributed by atoms with Crippen molar-refractivity contribution in [1.82, 2.24) is 4.90 Å². The lowest BCUT2D eigenvalue weighted by Crippen LogP contribution is -2.42. The minimum Gasteiger partial charge on any atom is -0.383 e. The predicted molar refractivity (Wildman–Crippen MR) is 56.4 cm³/mol. The van der Waals surface area contributed by atoms with Gasteiger partial charge in [0.15, 0.2) is 0 Å². The fourth-order valence-electron chi connectivity index (χ4n) is 2.05. The second-order valence-electron chi connectivity index (χ2n) is 4.24. The third kappa shape index (κ3) is 3.07. The molecule has 0 heterocycles. The van der Waals surface area contributed by atoms with Crippen LogP contribution in [0.5, 0.6) is 0 Å². The number of likely N-dealkylation sites (N-methyl/N-ethyl adjacent to an activating group) is 1. The summed E-state index contributed by atoms with van der Waals surface area (Å²) in [4.78, 5) is 13.4. The van der Waals surface area contributed by atoms with E-state index in [0.29, 0.717) is 17.9 Å². The molecule has 3 heteroatoms. The molecular formula is C11H21NO2. The summed E-state index contributed by atoms with van der Waals surface area (Å²) in [6, 6.07) is 1.01. The van der Waals surface area contributed by atoms with Crippen molar-refractivity contribution in [3.05, 3.63) is 0 Å². The number of Topliss-reactive ketones (excluding diaryl/α,β-unsaturated/α-hetero) is 1. The lowest BCUT2D eigenvalue weighted by Gasteiger charge is -2.34. The standard InChI is InChI=1S/C11H21NO2/c1-9(8-14-3)12(2)10-4-6-11(13)7-5-10/h9-10H,4-8H2,1-3H3. The molecule has 3 nitrogen and oxygen atoms in total. The monoisotopic (exact) mass is 199 g/mol. The van der Waals surface area contributed by atoms with Gasteiger partial charge in [-0.05, 0) is 26.8 Å². The first-order chi connectivity index (χ1) is 6.65. The van der Waals surface area contributed by atoms with Gasteiger partial charge in [0.1, 0.15) is 5.78 Å². The Morgan fingerprint density at radius 3 is 2.57 bits per heavy atom. The Morgan fingerprint density at radius 2 is 2.07 bits per heavy atom. The summed E-state index contributed by atoms with van der Waals surface area (Å²) in [5.41, 5.74) is 0. The molecular weight excluding hydrogens is 178 g/mol. The van der Waals surface area contributed by atoms with Gasteiger partial charge in [-0.2, -0.15) is 0 Å². The number of hydrogen-bond acceptors (Lipinski definition) is 3. The number of nitrogens with zero attached hydrogens (tertiary/aromatic N) is 1. The summed E-state index contributed by atoms with van der Waals surface area (Å²) in [6.07, 6.45) is 3.55. The number of ketones is 1. The molecule has 0 aromatic carbocycles. The van der Waals surface area contributed by atoms with Crippen LogP contribution in [0.2, 0.25) is 0 Å². The summed E-state index contributed by atoms with van der Waals surface area (Å²) in [5, 5.41) is 0. The van der Waals surface area contributed by atoms with E-state index in [4.69, 9.17) is 4.74 Å². The van der Waals surface area contributed by atoms with Gasteiger partial charge in [0, 0.05) is 32.0 Å². The van der Waals surface area contributed by atoms with E-state index in [1.165, 1.54) is 0 Å². The van der Waals surface area contributed by atoms with Gasteiger partial charge >= 0.3 is 0 Å². The zero-order valence-corrected chi connectivity index (χ0v) is 9.45. The van der Waals surface area contributed by atoms with Crippen molar-refractivity contribution in [2.45, 2.75) is 44.7 Å². The molecule has 1 aliphatic rings. The fraction of sp³-hybridized carbons (Fsp3) is 0.909. The predicted octanol–water partition coefficient (Wildman–Crippen LogP) is 1.46. The molecule has 0 aliphatic heterocycles. The second-order valence-corrected chi connectivity index (χ2v) is 4.24. The van der Waals surface area contributed by atoms with Crippen LogP contribution in [0.4, 0.5) is 0 Å². The van der Waals surface area contributed by atoms with E-state index >= 15 is 0 Å². The van der Waals surface area contributed by atoms with Crippen LogP contribution in [-0.4, -0.2) is 43.5 Å². The maximum absolute atomic E-state index is 11.1. The van der Waals surface area contributed by atoms with Crippen LogP contribution in [0.25, 0.3) is 0 Å². The van der Waals surface area contributed by atoms with E-state index < -0.39 is 0 Å². The summed E-state index contributed by atoms with van der Waals surface area (Å²) in [7, 11) is 3.86. The number of rotatable bonds is 4. The van der Waals surface area contributed by atoms with E-state index in [2.05, 4.69) is 18.9 Å². The molecule has 0 saturated heterocycles. The van der Waals surface area contributed by atoms with Gasteiger partial charge in [-0.25, -0.2) is 0 Å². The Kier molecular flexibility index (Phi) is 4.55. The number of hydrogen-bond donors (Lipinski definition) is 0. The van der Waals surface area contributed by atoms with Gasteiger partial charge < -0.3 is 4.74 Å². The maximum atomic E-state index is 11.1. The highest BCUT2D eigenvalue weighted by atomic mass is 16.5. The minimum atomic E-state index is 0.425. The topological polar surface area (TPSA) is 29.5 Å². The van der Waals surface area contributed by atoms with Crippen LogP contribution in [-0.2, 0) is 9.53 Å². The number of carbonyl (C=O) groups excluding carboxylic acids is 1. The Hall–Kier alpha value is -0.410. The number of carbonyl (C=O) groups is 1. The molecule has 0 radical (unpaired) electrons. The zero-order chi connectivity index (χ0) is 10.6. The Balaban J connectivity index is 2.36. The van der Waals surface area contributed by atoms with E-state index in [-0.39, 0.29) is 0 Å². The summed E-state index contributed by atoms with van der Waals surface area (Å²) in [6.45, 7) is 2.93. The van der Waals surface area contributed by atoms with Crippen molar-refractivity contribution in [2.24, 2.45) is 0 Å². The van der Waals surface area contributed by atoms with E-state index in [1.807, 2.05) is 0 Å². The molecule has 0 bridgehead atoms. The van der Waals surface area contributed by atoms with Crippen LogP contribution >= 0.6 is 0 Å². The van der Waals surface area contributed by atoms with Gasteiger partial charge in [0.25, 0.3) is 0 Å². The molecule has 0 amide bonds. The molecule has 1 unspecified atom stereocenters. The van der Waals surface area contributed by atoms with Crippen molar-refractivity contribution in [3.8, 4) is 0 Å². The minimum absolute atomic E-state index is 0.425. The number of methoxy groups -OCH3 is 1. The molecule has 0 aromatic rings.